The van der Waals surface area contributed by atoms with Gasteiger partial charge in [-0.05, 0) is 43.7 Å². The average Bonchev–Trinajstić information content (AvgIpc) is 3.26. The van der Waals surface area contributed by atoms with Crippen LogP contribution in [0.4, 0.5) is 5.69 Å². The van der Waals surface area contributed by atoms with Crippen LogP contribution in [0, 0.1) is 0 Å². The summed E-state index contributed by atoms with van der Waals surface area (Å²) in [6, 6.07) is 20.0. The van der Waals surface area contributed by atoms with E-state index in [4.69, 9.17) is 9.15 Å². The number of hydrogen-bond donors (Lipinski definition) is 1. The number of anilines is 1. The predicted molar refractivity (Wildman–Crippen MR) is 111 cm³/mol. The molecule has 1 aromatic heterocycles. The molecule has 0 radical (unpaired) electrons. The third-order valence-electron chi connectivity index (χ3n) is 4.34. The van der Waals surface area contributed by atoms with Gasteiger partial charge in [0.15, 0.2) is 12.4 Å². The minimum absolute atomic E-state index is 0.0465. The highest BCUT2D eigenvalue weighted by molar-refractivity contribution is 6.02. The lowest BCUT2D eigenvalue weighted by molar-refractivity contribution is -0.135. The number of nitrogens with zero attached hydrogens (tertiary/aromatic N) is 1. The normalized spacial score (nSPS) is 10.6. The molecule has 6 nitrogen and oxygen atoms in total. The van der Waals surface area contributed by atoms with Crippen LogP contribution >= 0.6 is 0 Å². The Morgan fingerprint density at radius 1 is 1.03 bits per heavy atom. The molecule has 150 valence electrons. The second-order valence-electron chi connectivity index (χ2n) is 6.85. The van der Waals surface area contributed by atoms with Gasteiger partial charge in [0.2, 0.25) is 0 Å². The minimum Gasteiger partial charge on any atom is -0.484 e. The van der Waals surface area contributed by atoms with Gasteiger partial charge in [-0.2, -0.15) is 0 Å². The molecule has 3 rings (SSSR count). The van der Waals surface area contributed by atoms with Crippen LogP contribution in [0.15, 0.2) is 77.4 Å². The molecule has 29 heavy (non-hydrogen) atoms. The van der Waals surface area contributed by atoms with Gasteiger partial charge in [-0.1, -0.05) is 36.4 Å². The summed E-state index contributed by atoms with van der Waals surface area (Å²) in [6.07, 6.45) is 1.44. The van der Waals surface area contributed by atoms with E-state index in [9.17, 15) is 9.59 Å². The van der Waals surface area contributed by atoms with Crippen LogP contribution in [-0.4, -0.2) is 29.4 Å². The molecule has 6 heteroatoms. The number of amides is 2. The summed E-state index contributed by atoms with van der Waals surface area (Å²) in [5.41, 5.74) is 1.62. The van der Waals surface area contributed by atoms with Crippen molar-refractivity contribution in [2.24, 2.45) is 0 Å². The molecule has 0 atom stereocenters. The third-order valence-corrected chi connectivity index (χ3v) is 4.34. The molecule has 0 saturated carbocycles. The monoisotopic (exact) mass is 392 g/mol. The van der Waals surface area contributed by atoms with Crippen molar-refractivity contribution in [2.75, 3.05) is 11.9 Å². The fourth-order valence-electron chi connectivity index (χ4n) is 2.83. The summed E-state index contributed by atoms with van der Waals surface area (Å²) in [4.78, 5) is 26.6. The Morgan fingerprint density at radius 2 is 1.83 bits per heavy atom. The topological polar surface area (TPSA) is 71.8 Å². The zero-order valence-electron chi connectivity index (χ0n) is 16.5. The Kier molecular flexibility index (Phi) is 6.68. The van der Waals surface area contributed by atoms with E-state index in [1.165, 1.54) is 6.26 Å². The van der Waals surface area contributed by atoms with Crippen molar-refractivity contribution in [2.45, 2.75) is 26.4 Å². The van der Waals surface area contributed by atoms with E-state index in [2.05, 4.69) is 5.32 Å². The number of ether oxygens (including phenoxy) is 1. The minimum atomic E-state index is -0.350. The largest absolute Gasteiger partial charge is 0.484 e. The van der Waals surface area contributed by atoms with Gasteiger partial charge in [0, 0.05) is 24.3 Å². The SMILES string of the molecule is CC(C)N(Cc1ccccc1)C(=O)COc1cccc(NC(=O)c2ccco2)c1. The van der Waals surface area contributed by atoms with Crippen LogP contribution < -0.4 is 10.1 Å². The molecular weight excluding hydrogens is 368 g/mol. The molecule has 2 aromatic carbocycles. The molecule has 0 saturated heterocycles. The lowest BCUT2D eigenvalue weighted by Gasteiger charge is -2.27. The Bertz CT molecular complexity index is 937. The van der Waals surface area contributed by atoms with Gasteiger partial charge in [0.1, 0.15) is 5.75 Å². The predicted octanol–water partition coefficient (Wildman–Crippen LogP) is 4.35. The summed E-state index contributed by atoms with van der Waals surface area (Å²) >= 11 is 0. The van der Waals surface area contributed by atoms with Crippen LogP contribution in [0.1, 0.15) is 30.0 Å². The second-order valence-corrected chi connectivity index (χ2v) is 6.85. The van der Waals surface area contributed by atoms with Crippen molar-refractivity contribution in [3.05, 3.63) is 84.3 Å². The first-order valence-electron chi connectivity index (χ1n) is 9.44. The Hall–Kier alpha value is -3.54. The molecule has 0 fully saturated rings. The van der Waals surface area contributed by atoms with E-state index in [1.807, 2.05) is 44.2 Å². The van der Waals surface area contributed by atoms with Gasteiger partial charge in [0.25, 0.3) is 11.8 Å². The van der Waals surface area contributed by atoms with Gasteiger partial charge in [-0.3, -0.25) is 9.59 Å². The highest BCUT2D eigenvalue weighted by Gasteiger charge is 2.18. The van der Waals surface area contributed by atoms with Crippen LogP contribution in [0.2, 0.25) is 0 Å². The number of hydrogen-bond acceptors (Lipinski definition) is 4. The molecule has 0 aliphatic rings. The van der Waals surface area contributed by atoms with E-state index in [1.54, 1.807) is 41.3 Å². The van der Waals surface area contributed by atoms with Crippen molar-refractivity contribution in [1.82, 2.24) is 4.90 Å². The Morgan fingerprint density at radius 3 is 2.52 bits per heavy atom. The first kappa shape index (κ1) is 20.2. The van der Waals surface area contributed by atoms with E-state index in [-0.39, 0.29) is 30.2 Å². The summed E-state index contributed by atoms with van der Waals surface area (Å²) in [6.45, 7) is 4.40. The van der Waals surface area contributed by atoms with Crippen molar-refractivity contribution in [1.29, 1.82) is 0 Å². The number of carbonyl (C=O) groups excluding carboxylic acids is 2. The average molecular weight is 392 g/mol. The molecule has 0 unspecified atom stereocenters. The maximum Gasteiger partial charge on any atom is 0.291 e. The fraction of sp³-hybridized carbons (Fsp3) is 0.217. The number of carbonyl (C=O) groups is 2. The van der Waals surface area contributed by atoms with Crippen LogP contribution in [0.25, 0.3) is 0 Å². The molecule has 0 spiro atoms. The van der Waals surface area contributed by atoms with Gasteiger partial charge >= 0.3 is 0 Å². The molecule has 3 aromatic rings. The maximum atomic E-state index is 12.7. The van der Waals surface area contributed by atoms with E-state index < -0.39 is 0 Å². The zero-order valence-corrected chi connectivity index (χ0v) is 16.5. The van der Waals surface area contributed by atoms with E-state index in [0.29, 0.717) is 18.0 Å². The fourth-order valence-corrected chi connectivity index (χ4v) is 2.83. The number of furan rings is 1. The van der Waals surface area contributed by atoms with Gasteiger partial charge in [-0.25, -0.2) is 0 Å². The molecule has 0 aliphatic heterocycles. The quantitative estimate of drug-likeness (QED) is 0.619. The second kappa shape index (κ2) is 9.59. The van der Waals surface area contributed by atoms with Gasteiger partial charge in [0.05, 0.1) is 6.26 Å². The maximum absolute atomic E-state index is 12.7. The highest BCUT2D eigenvalue weighted by Crippen LogP contribution is 2.19. The van der Waals surface area contributed by atoms with Crippen LogP contribution in [0.3, 0.4) is 0 Å². The number of nitrogens with one attached hydrogen (secondary N) is 1. The van der Waals surface area contributed by atoms with Crippen LogP contribution in [0.5, 0.6) is 5.75 Å². The van der Waals surface area contributed by atoms with Crippen molar-refractivity contribution >= 4 is 17.5 Å². The standard InChI is InChI=1S/C23H24N2O4/c1-17(2)25(15-18-8-4-3-5-9-18)22(26)16-29-20-11-6-10-19(14-20)24-23(27)21-12-7-13-28-21/h3-14,17H,15-16H2,1-2H3,(H,24,27). The van der Waals surface area contributed by atoms with Crippen molar-refractivity contribution in [3.63, 3.8) is 0 Å². The summed E-state index contributed by atoms with van der Waals surface area (Å²) in [7, 11) is 0. The molecular formula is C23H24N2O4. The Balaban J connectivity index is 1.59. The molecule has 1 heterocycles. The molecule has 0 bridgehead atoms. The molecule has 2 amide bonds. The molecule has 1 N–H and O–H groups in total. The third kappa shape index (κ3) is 5.72. The van der Waals surface area contributed by atoms with E-state index in [0.717, 1.165) is 5.56 Å². The smallest absolute Gasteiger partial charge is 0.291 e. The van der Waals surface area contributed by atoms with Crippen molar-refractivity contribution < 1.29 is 18.7 Å². The lowest BCUT2D eigenvalue weighted by Crippen LogP contribution is -2.39. The van der Waals surface area contributed by atoms with Gasteiger partial charge in [-0.15, -0.1) is 0 Å². The summed E-state index contributed by atoms with van der Waals surface area (Å²) in [5, 5.41) is 2.74. The van der Waals surface area contributed by atoms with E-state index >= 15 is 0 Å². The lowest BCUT2D eigenvalue weighted by atomic mass is 10.2. The van der Waals surface area contributed by atoms with Crippen LogP contribution in [-0.2, 0) is 11.3 Å². The Labute approximate surface area is 170 Å². The molecule has 0 aliphatic carbocycles. The number of benzene rings is 2. The van der Waals surface area contributed by atoms with Gasteiger partial charge < -0.3 is 19.4 Å². The highest BCUT2D eigenvalue weighted by atomic mass is 16.5. The summed E-state index contributed by atoms with van der Waals surface area (Å²) in [5.74, 6) is 0.268. The number of rotatable bonds is 8. The summed E-state index contributed by atoms with van der Waals surface area (Å²) < 4.78 is 10.8. The first-order valence-corrected chi connectivity index (χ1v) is 9.44. The van der Waals surface area contributed by atoms with Crippen molar-refractivity contribution in [3.8, 4) is 5.75 Å². The zero-order chi connectivity index (χ0) is 20.6. The first-order chi connectivity index (χ1) is 14.0.